The largest absolute Gasteiger partial charge is 0.462 e. The number of amides is 3. The summed E-state index contributed by atoms with van der Waals surface area (Å²) in [6.07, 6.45) is 3.76. The van der Waals surface area contributed by atoms with Crippen LogP contribution in [0.25, 0.3) is 0 Å². The highest BCUT2D eigenvalue weighted by atomic mass is 19.1. The Kier molecular flexibility index (Phi) is 5.83. The first-order valence-electron chi connectivity index (χ1n) is 8.70. The van der Waals surface area contributed by atoms with Crippen LogP contribution in [0, 0.1) is 0 Å². The van der Waals surface area contributed by atoms with Crippen molar-refractivity contribution in [2.75, 3.05) is 13.2 Å². The molecular weight excluding hydrogens is 373 g/mol. The van der Waals surface area contributed by atoms with E-state index in [1.54, 1.807) is 13.0 Å². The molecule has 3 atom stereocenters. The van der Waals surface area contributed by atoms with Gasteiger partial charge in [-0.1, -0.05) is 6.08 Å². The van der Waals surface area contributed by atoms with Crippen molar-refractivity contribution >= 4 is 17.9 Å². The second kappa shape index (κ2) is 8.30. The SMILES string of the molecule is CCOC(=O)C(F)ON1C(=O)N2C[C@H]1C=C(C)[C@H]2C(=O)NCc1cnccn1. The molecule has 2 aliphatic heterocycles. The average molecular weight is 393 g/mol. The summed E-state index contributed by atoms with van der Waals surface area (Å²) in [4.78, 5) is 50.8. The molecule has 11 heteroatoms. The minimum Gasteiger partial charge on any atom is -0.462 e. The maximum absolute atomic E-state index is 13.9. The molecule has 0 aromatic carbocycles. The molecule has 3 rings (SSSR count). The highest BCUT2D eigenvalue weighted by Crippen LogP contribution is 2.30. The standard InChI is InChI=1S/C17H20FN5O5/c1-3-27-16(25)14(18)28-23-12-6-10(2)13(22(9-12)17(23)26)15(24)21-8-11-7-19-4-5-20-11/h4-7,12-14H,3,8-9H2,1-2H3,(H,21,24)/t12-,13+,14?/m1/s1. The predicted octanol–water partition coefficient (Wildman–Crippen LogP) is 0.318. The molecular formula is C17H20FN5O5. The van der Waals surface area contributed by atoms with Gasteiger partial charge in [0.15, 0.2) is 0 Å². The van der Waals surface area contributed by atoms with Crippen molar-refractivity contribution in [3.8, 4) is 0 Å². The molecule has 150 valence electrons. The predicted molar refractivity (Wildman–Crippen MR) is 91.8 cm³/mol. The summed E-state index contributed by atoms with van der Waals surface area (Å²) in [7, 11) is 0. The van der Waals surface area contributed by atoms with Gasteiger partial charge in [0.05, 0.1) is 37.6 Å². The van der Waals surface area contributed by atoms with E-state index >= 15 is 0 Å². The molecule has 0 aliphatic carbocycles. The van der Waals surface area contributed by atoms with Crippen LogP contribution in [0.1, 0.15) is 19.5 Å². The second-order valence-electron chi connectivity index (χ2n) is 6.23. The van der Waals surface area contributed by atoms with Gasteiger partial charge in [-0.15, -0.1) is 0 Å². The van der Waals surface area contributed by atoms with E-state index < -0.39 is 36.3 Å². The Morgan fingerprint density at radius 1 is 1.43 bits per heavy atom. The van der Waals surface area contributed by atoms with Crippen molar-refractivity contribution in [3.05, 3.63) is 35.9 Å². The molecule has 1 aromatic rings. The maximum atomic E-state index is 13.9. The number of urea groups is 1. The van der Waals surface area contributed by atoms with Crippen LogP contribution in [-0.2, 0) is 25.7 Å². The fourth-order valence-electron chi connectivity index (χ4n) is 3.12. The quantitative estimate of drug-likeness (QED) is 0.524. The Hall–Kier alpha value is -3.08. The molecule has 0 radical (unpaired) electrons. The normalized spacial score (nSPS) is 22.0. The molecule has 3 amide bonds. The zero-order valence-corrected chi connectivity index (χ0v) is 15.4. The summed E-state index contributed by atoms with van der Waals surface area (Å²) in [5.74, 6) is -1.62. The van der Waals surface area contributed by atoms with E-state index in [1.165, 1.54) is 30.4 Å². The number of alkyl halides is 1. The Morgan fingerprint density at radius 3 is 2.89 bits per heavy atom. The lowest BCUT2D eigenvalue weighted by molar-refractivity contribution is -0.223. The summed E-state index contributed by atoms with van der Waals surface area (Å²) >= 11 is 0. The van der Waals surface area contributed by atoms with Crippen LogP contribution in [0.2, 0.25) is 0 Å². The average Bonchev–Trinajstić information content (AvgIpc) is 2.92. The number of hydrogen-bond donors (Lipinski definition) is 1. The molecule has 0 saturated carbocycles. The van der Waals surface area contributed by atoms with Crippen molar-refractivity contribution in [2.45, 2.75) is 38.8 Å². The summed E-state index contributed by atoms with van der Waals surface area (Å²) in [6.45, 7) is 3.49. The van der Waals surface area contributed by atoms with Crippen LogP contribution in [-0.4, -0.2) is 69.4 Å². The first-order valence-corrected chi connectivity index (χ1v) is 8.70. The minimum absolute atomic E-state index is 0.0147. The van der Waals surface area contributed by atoms with E-state index in [0.717, 1.165) is 5.06 Å². The number of carbonyl (C=O) groups is 3. The van der Waals surface area contributed by atoms with Gasteiger partial charge in [0.25, 0.3) is 0 Å². The molecule has 0 spiro atoms. The van der Waals surface area contributed by atoms with Crippen LogP contribution in [0.5, 0.6) is 0 Å². The van der Waals surface area contributed by atoms with Crippen LogP contribution < -0.4 is 5.32 Å². The van der Waals surface area contributed by atoms with Gasteiger partial charge in [-0.25, -0.2) is 18.8 Å². The maximum Gasteiger partial charge on any atom is 0.370 e. The first-order chi connectivity index (χ1) is 13.4. The Bertz CT molecular complexity index is 789. The number of fused-ring (bicyclic) bond motifs is 2. The molecule has 28 heavy (non-hydrogen) atoms. The second-order valence-corrected chi connectivity index (χ2v) is 6.23. The van der Waals surface area contributed by atoms with Gasteiger partial charge in [0, 0.05) is 12.4 Å². The number of aromatic nitrogens is 2. The lowest BCUT2D eigenvalue weighted by atomic mass is 10.00. The van der Waals surface area contributed by atoms with Crippen molar-refractivity contribution in [1.82, 2.24) is 25.2 Å². The molecule has 10 nitrogen and oxygen atoms in total. The molecule has 1 aromatic heterocycles. The third-order valence-electron chi connectivity index (χ3n) is 4.30. The number of carbonyl (C=O) groups excluding carboxylic acids is 3. The van der Waals surface area contributed by atoms with Crippen LogP contribution in [0.4, 0.5) is 9.18 Å². The number of nitrogens with one attached hydrogen (secondary N) is 1. The van der Waals surface area contributed by atoms with E-state index in [-0.39, 0.29) is 19.7 Å². The lowest BCUT2D eigenvalue weighted by Crippen LogP contribution is -2.50. The van der Waals surface area contributed by atoms with Crippen LogP contribution in [0.15, 0.2) is 30.2 Å². The monoisotopic (exact) mass is 393 g/mol. The van der Waals surface area contributed by atoms with E-state index in [4.69, 9.17) is 4.84 Å². The van der Waals surface area contributed by atoms with Gasteiger partial charge in [-0.2, -0.15) is 5.06 Å². The fraction of sp³-hybridized carbons (Fsp3) is 0.471. The number of halogens is 1. The zero-order chi connectivity index (χ0) is 20.3. The zero-order valence-electron chi connectivity index (χ0n) is 15.4. The third kappa shape index (κ3) is 3.93. The van der Waals surface area contributed by atoms with E-state index in [2.05, 4.69) is 20.0 Å². The fourth-order valence-corrected chi connectivity index (χ4v) is 3.12. The third-order valence-corrected chi connectivity index (χ3v) is 4.30. The van der Waals surface area contributed by atoms with Gasteiger partial charge in [-0.3, -0.25) is 14.8 Å². The smallest absolute Gasteiger partial charge is 0.370 e. The van der Waals surface area contributed by atoms with E-state index in [9.17, 15) is 18.8 Å². The number of hydroxylamine groups is 2. The van der Waals surface area contributed by atoms with Crippen LogP contribution in [0.3, 0.4) is 0 Å². The Morgan fingerprint density at radius 2 is 2.21 bits per heavy atom. The molecule has 3 heterocycles. The number of nitrogens with zero attached hydrogens (tertiary/aromatic N) is 4. The summed E-state index contributed by atoms with van der Waals surface area (Å²) < 4.78 is 18.4. The van der Waals surface area contributed by atoms with Crippen molar-refractivity contribution in [2.24, 2.45) is 0 Å². The topological polar surface area (TPSA) is 114 Å². The number of hydrogen-bond acceptors (Lipinski definition) is 7. The lowest BCUT2D eigenvalue weighted by Gasteiger charge is -2.29. The molecule has 2 bridgehead atoms. The van der Waals surface area contributed by atoms with Gasteiger partial charge in [-0.05, 0) is 19.4 Å². The van der Waals surface area contributed by atoms with Gasteiger partial charge >= 0.3 is 18.4 Å². The van der Waals surface area contributed by atoms with Crippen molar-refractivity contribution < 1.29 is 28.3 Å². The van der Waals surface area contributed by atoms with Gasteiger partial charge in [0.1, 0.15) is 6.04 Å². The number of ether oxygens (including phenoxy) is 1. The van der Waals surface area contributed by atoms with Crippen LogP contribution >= 0.6 is 0 Å². The van der Waals surface area contributed by atoms with E-state index in [1.807, 2.05) is 0 Å². The molecule has 1 saturated heterocycles. The number of rotatable bonds is 7. The molecule has 1 fully saturated rings. The van der Waals surface area contributed by atoms with Gasteiger partial charge in [0.2, 0.25) is 5.91 Å². The Labute approximate surface area is 160 Å². The van der Waals surface area contributed by atoms with Crippen molar-refractivity contribution in [3.63, 3.8) is 0 Å². The van der Waals surface area contributed by atoms with Gasteiger partial charge < -0.3 is 15.0 Å². The highest BCUT2D eigenvalue weighted by Gasteiger charge is 2.48. The van der Waals surface area contributed by atoms with E-state index in [0.29, 0.717) is 11.3 Å². The number of esters is 1. The Balaban J connectivity index is 1.66. The van der Waals surface area contributed by atoms with Crippen molar-refractivity contribution in [1.29, 1.82) is 0 Å². The first kappa shape index (κ1) is 19.7. The highest BCUT2D eigenvalue weighted by molar-refractivity contribution is 5.91. The minimum atomic E-state index is -2.43. The summed E-state index contributed by atoms with van der Waals surface area (Å²) in [5, 5.41) is 3.47. The molecule has 1 unspecified atom stereocenters. The summed E-state index contributed by atoms with van der Waals surface area (Å²) in [6, 6.07) is -2.18. The summed E-state index contributed by atoms with van der Waals surface area (Å²) in [5.41, 5.74) is 1.18. The molecule has 1 N–H and O–H groups in total. The molecule has 2 aliphatic rings.